The normalized spacial score (nSPS) is 15.8. The molecule has 0 N–H and O–H groups in total. The summed E-state index contributed by atoms with van der Waals surface area (Å²) in [7, 11) is 2.08. The number of nitrogens with zero attached hydrogens (tertiary/aromatic N) is 2. The zero-order valence-electron chi connectivity index (χ0n) is 12.8. The molecule has 112 valence electrons. The number of ether oxygens (including phenoxy) is 1. The van der Waals surface area contributed by atoms with Gasteiger partial charge in [0.15, 0.2) is 5.13 Å². The average molecular weight is 296 g/mol. The molecule has 0 spiro atoms. The highest BCUT2D eigenvalue weighted by molar-refractivity contribution is 7.13. The lowest BCUT2D eigenvalue weighted by atomic mass is 9.85. The Balaban J connectivity index is 2.05. The highest BCUT2D eigenvalue weighted by atomic mass is 32.1. The van der Waals surface area contributed by atoms with E-state index in [2.05, 4.69) is 16.9 Å². The standard InChI is InChI=1S/C15H24N2O2S/c1-5-19-13(18)15(2,3)12-10-20-14(16-12)17(4)9-11-7-6-8-11/h10-11H,5-9H2,1-4H3. The molecule has 1 fully saturated rings. The van der Waals surface area contributed by atoms with Crippen molar-refractivity contribution in [2.75, 3.05) is 25.1 Å². The van der Waals surface area contributed by atoms with E-state index in [1.807, 2.05) is 26.2 Å². The Morgan fingerprint density at radius 3 is 2.80 bits per heavy atom. The van der Waals surface area contributed by atoms with Crippen LogP contribution in [0.15, 0.2) is 5.38 Å². The molecular weight excluding hydrogens is 272 g/mol. The number of rotatable bonds is 6. The fourth-order valence-corrected chi connectivity index (χ4v) is 3.25. The summed E-state index contributed by atoms with van der Waals surface area (Å²) >= 11 is 1.60. The minimum Gasteiger partial charge on any atom is -0.465 e. The number of carbonyl (C=O) groups is 1. The van der Waals surface area contributed by atoms with Gasteiger partial charge < -0.3 is 9.64 Å². The third-order valence-electron chi connectivity index (χ3n) is 4.00. The summed E-state index contributed by atoms with van der Waals surface area (Å²) < 4.78 is 5.13. The maximum atomic E-state index is 12.0. The zero-order chi connectivity index (χ0) is 14.8. The third kappa shape index (κ3) is 3.14. The predicted molar refractivity (Wildman–Crippen MR) is 82.4 cm³/mol. The number of hydrogen-bond donors (Lipinski definition) is 0. The van der Waals surface area contributed by atoms with Crippen LogP contribution in [0.3, 0.4) is 0 Å². The van der Waals surface area contributed by atoms with E-state index in [-0.39, 0.29) is 5.97 Å². The Morgan fingerprint density at radius 1 is 1.55 bits per heavy atom. The van der Waals surface area contributed by atoms with Gasteiger partial charge in [0.25, 0.3) is 0 Å². The smallest absolute Gasteiger partial charge is 0.317 e. The topological polar surface area (TPSA) is 42.4 Å². The van der Waals surface area contributed by atoms with Gasteiger partial charge in [0.1, 0.15) is 5.41 Å². The van der Waals surface area contributed by atoms with Crippen LogP contribution < -0.4 is 4.90 Å². The van der Waals surface area contributed by atoms with Gasteiger partial charge >= 0.3 is 5.97 Å². The van der Waals surface area contributed by atoms with Crippen molar-refractivity contribution < 1.29 is 9.53 Å². The average Bonchev–Trinajstić information content (AvgIpc) is 2.84. The summed E-state index contributed by atoms with van der Waals surface area (Å²) in [5.74, 6) is 0.601. The van der Waals surface area contributed by atoms with Gasteiger partial charge in [-0.15, -0.1) is 11.3 Å². The van der Waals surface area contributed by atoms with Crippen LogP contribution in [0.2, 0.25) is 0 Å². The summed E-state index contributed by atoms with van der Waals surface area (Å²) in [6.07, 6.45) is 4.02. The first-order valence-electron chi connectivity index (χ1n) is 7.29. The summed E-state index contributed by atoms with van der Waals surface area (Å²) in [5.41, 5.74) is 0.124. The molecule has 4 nitrogen and oxygen atoms in total. The summed E-state index contributed by atoms with van der Waals surface area (Å²) in [5, 5.41) is 2.97. The Labute approximate surface area is 125 Å². The highest BCUT2D eigenvalue weighted by Gasteiger charge is 2.34. The zero-order valence-corrected chi connectivity index (χ0v) is 13.6. The van der Waals surface area contributed by atoms with Crippen LogP contribution in [0.1, 0.15) is 45.7 Å². The Kier molecular flexibility index (Phi) is 4.68. The summed E-state index contributed by atoms with van der Waals surface area (Å²) in [4.78, 5) is 18.9. The van der Waals surface area contributed by atoms with Gasteiger partial charge in [0.05, 0.1) is 12.3 Å². The Morgan fingerprint density at radius 2 is 2.25 bits per heavy atom. The minimum atomic E-state index is -0.679. The summed E-state index contributed by atoms with van der Waals surface area (Å²) in [6, 6.07) is 0. The molecule has 20 heavy (non-hydrogen) atoms. The molecule has 0 aliphatic heterocycles. The van der Waals surface area contributed by atoms with Gasteiger partial charge in [-0.05, 0) is 39.5 Å². The van der Waals surface area contributed by atoms with Gasteiger partial charge in [-0.3, -0.25) is 4.79 Å². The minimum absolute atomic E-state index is 0.210. The number of carbonyl (C=O) groups excluding carboxylic acids is 1. The van der Waals surface area contributed by atoms with Crippen LogP contribution in [0.4, 0.5) is 5.13 Å². The first-order valence-corrected chi connectivity index (χ1v) is 8.17. The van der Waals surface area contributed by atoms with Crippen LogP contribution in [0.25, 0.3) is 0 Å². The molecular formula is C15H24N2O2S. The monoisotopic (exact) mass is 296 g/mol. The van der Waals surface area contributed by atoms with Crippen molar-refractivity contribution in [3.63, 3.8) is 0 Å². The molecule has 5 heteroatoms. The van der Waals surface area contributed by atoms with Gasteiger partial charge in [-0.2, -0.15) is 0 Å². The lowest BCUT2D eigenvalue weighted by Gasteiger charge is -2.30. The second kappa shape index (κ2) is 6.12. The number of thiazole rings is 1. The largest absolute Gasteiger partial charge is 0.465 e. The quantitative estimate of drug-likeness (QED) is 0.756. The van der Waals surface area contributed by atoms with Gasteiger partial charge in [0.2, 0.25) is 0 Å². The molecule has 0 atom stereocenters. The van der Waals surface area contributed by atoms with Crippen molar-refractivity contribution in [3.05, 3.63) is 11.1 Å². The Bertz CT molecular complexity index is 466. The fraction of sp³-hybridized carbons (Fsp3) is 0.733. The molecule has 1 aromatic heterocycles. The molecule has 1 saturated carbocycles. The van der Waals surface area contributed by atoms with E-state index in [9.17, 15) is 4.79 Å². The fourth-order valence-electron chi connectivity index (χ4n) is 2.28. The van der Waals surface area contributed by atoms with E-state index in [1.54, 1.807) is 11.3 Å². The maximum Gasteiger partial charge on any atom is 0.317 e. The molecule has 2 rings (SSSR count). The van der Waals surface area contributed by atoms with Crippen LogP contribution in [-0.2, 0) is 14.9 Å². The van der Waals surface area contributed by atoms with E-state index in [1.165, 1.54) is 19.3 Å². The molecule has 1 aliphatic rings. The molecule has 1 heterocycles. The van der Waals surface area contributed by atoms with Crippen molar-refractivity contribution in [1.82, 2.24) is 4.98 Å². The van der Waals surface area contributed by atoms with Crippen molar-refractivity contribution >= 4 is 22.4 Å². The van der Waals surface area contributed by atoms with Crippen molar-refractivity contribution in [2.24, 2.45) is 5.92 Å². The second-order valence-electron chi connectivity index (χ2n) is 6.04. The van der Waals surface area contributed by atoms with Crippen molar-refractivity contribution in [3.8, 4) is 0 Å². The van der Waals surface area contributed by atoms with Crippen molar-refractivity contribution in [1.29, 1.82) is 0 Å². The van der Waals surface area contributed by atoms with Crippen LogP contribution in [0.5, 0.6) is 0 Å². The molecule has 0 bridgehead atoms. The molecule has 0 unspecified atom stereocenters. The van der Waals surface area contributed by atoms with Crippen molar-refractivity contribution in [2.45, 2.75) is 45.4 Å². The van der Waals surface area contributed by atoms with E-state index in [0.29, 0.717) is 6.61 Å². The first-order chi connectivity index (χ1) is 9.45. The highest BCUT2D eigenvalue weighted by Crippen LogP contribution is 2.32. The van der Waals surface area contributed by atoms with Gasteiger partial charge in [-0.1, -0.05) is 6.42 Å². The van der Waals surface area contributed by atoms with E-state index < -0.39 is 5.41 Å². The molecule has 0 radical (unpaired) electrons. The number of aromatic nitrogens is 1. The lowest BCUT2D eigenvalue weighted by molar-refractivity contribution is -0.148. The molecule has 1 aliphatic carbocycles. The number of hydrogen-bond acceptors (Lipinski definition) is 5. The van der Waals surface area contributed by atoms with Crippen LogP contribution in [0, 0.1) is 5.92 Å². The van der Waals surface area contributed by atoms with Gasteiger partial charge in [-0.25, -0.2) is 4.98 Å². The van der Waals surface area contributed by atoms with Crippen LogP contribution in [-0.4, -0.2) is 31.2 Å². The molecule has 1 aromatic rings. The lowest BCUT2D eigenvalue weighted by Crippen LogP contribution is -2.32. The second-order valence-corrected chi connectivity index (χ2v) is 6.87. The number of anilines is 1. The molecule has 0 aromatic carbocycles. The molecule has 0 saturated heterocycles. The van der Waals surface area contributed by atoms with E-state index >= 15 is 0 Å². The third-order valence-corrected chi connectivity index (χ3v) is 4.96. The van der Waals surface area contributed by atoms with E-state index in [4.69, 9.17) is 4.74 Å². The summed E-state index contributed by atoms with van der Waals surface area (Å²) in [6.45, 7) is 7.03. The first kappa shape index (κ1) is 15.3. The predicted octanol–water partition coefficient (Wildman–Crippen LogP) is 3.22. The number of esters is 1. The van der Waals surface area contributed by atoms with E-state index in [0.717, 1.165) is 23.3 Å². The Hall–Kier alpha value is -1.10. The molecule has 0 amide bonds. The van der Waals surface area contributed by atoms with Gasteiger partial charge in [0, 0.05) is 19.0 Å². The maximum absolute atomic E-state index is 12.0. The van der Waals surface area contributed by atoms with Crippen LogP contribution >= 0.6 is 11.3 Å². The SMILES string of the molecule is CCOC(=O)C(C)(C)c1csc(N(C)CC2CCC2)n1.